The van der Waals surface area contributed by atoms with Crippen LogP contribution >= 0.6 is 24.0 Å². The number of halogens is 1. The molecule has 0 aromatic heterocycles. The average Bonchev–Trinajstić information content (AvgIpc) is 2.66. The lowest BCUT2D eigenvalue weighted by molar-refractivity contribution is -0.149. The molecule has 2 rings (SSSR count). The van der Waals surface area contributed by atoms with Gasteiger partial charge in [-0.15, -0.1) is 24.0 Å². The van der Waals surface area contributed by atoms with Crippen molar-refractivity contribution in [1.29, 1.82) is 0 Å². The van der Waals surface area contributed by atoms with Crippen LogP contribution < -0.4 is 10.1 Å². The number of hydrogen-bond donors (Lipinski definition) is 1. The fourth-order valence-electron chi connectivity index (χ4n) is 3.09. The third kappa shape index (κ3) is 7.56. The summed E-state index contributed by atoms with van der Waals surface area (Å²) in [5, 5.41) is 3.39. The van der Waals surface area contributed by atoms with Crippen molar-refractivity contribution < 1.29 is 14.3 Å². The Morgan fingerprint density at radius 1 is 1.30 bits per heavy atom. The number of aliphatic imine (C=N–C) groups is 1. The second-order valence-electron chi connectivity index (χ2n) is 6.45. The predicted octanol–water partition coefficient (Wildman–Crippen LogP) is 3.23. The summed E-state index contributed by atoms with van der Waals surface area (Å²) in [5.74, 6) is 1.79. The maximum Gasteiger partial charge on any atom is 0.309 e. The summed E-state index contributed by atoms with van der Waals surface area (Å²) in [7, 11) is 1.80. The van der Waals surface area contributed by atoms with Crippen LogP contribution in [-0.2, 0) is 9.53 Å². The number of esters is 1. The molecule has 1 aromatic rings. The summed E-state index contributed by atoms with van der Waals surface area (Å²) in [5.41, 5.74) is 1.15. The van der Waals surface area contributed by atoms with Gasteiger partial charge in [0, 0.05) is 26.7 Å². The maximum atomic E-state index is 11.8. The highest BCUT2D eigenvalue weighted by molar-refractivity contribution is 14.0. The molecule has 6 nitrogen and oxygen atoms in total. The Bertz CT molecular complexity index is 602. The summed E-state index contributed by atoms with van der Waals surface area (Å²) >= 11 is 0. The molecule has 1 fully saturated rings. The topological polar surface area (TPSA) is 63.2 Å². The molecular formula is C20H32IN3O3. The number of para-hydroxylation sites is 1. The lowest BCUT2D eigenvalue weighted by Gasteiger charge is -2.33. The molecule has 1 saturated heterocycles. The largest absolute Gasteiger partial charge is 0.493 e. The van der Waals surface area contributed by atoms with Crippen molar-refractivity contribution >= 4 is 35.9 Å². The molecule has 0 bridgehead atoms. The fourth-order valence-corrected chi connectivity index (χ4v) is 3.09. The van der Waals surface area contributed by atoms with Crippen LogP contribution in [0.15, 0.2) is 29.3 Å². The van der Waals surface area contributed by atoms with Crippen LogP contribution in [0.5, 0.6) is 5.75 Å². The van der Waals surface area contributed by atoms with Gasteiger partial charge in [-0.25, -0.2) is 0 Å². The van der Waals surface area contributed by atoms with Gasteiger partial charge in [0.25, 0.3) is 0 Å². The third-order valence-corrected chi connectivity index (χ3v) is 4.58. The molecule has 0 atom stereocenters. The normalized spacial score (nSPS) is 15.1. The van der Waals surface area contributed by atoms with Crippen LogP contribution in [-0.4, -0.2) is 56.7 Å². The summed E-state index contributed by atoms with van der Waals surface area (Å²) in [6.07, 6.45) is 2.53. The standard InChI is InChI=1S/C20H31N3O3.HI/c1-4-25-19(24)17-10-13-23(14-11-17)20(21-3)22-12-7-15-26-18-9-6-5-8-16(18)2;/h5-6,8-9,17H,4,7,10-15H2,1-3H3,(H,21,22);1H. The number of nitrogens with zero attached hydrogens (tertiary/aromatic N) is 2. The number of likely N-dealkylation sites (tertiary alicyclic amines) is 1. The first-order chi connectivity index (χ1) is 12.7. The van der Waals surface area contributed by atoms with Crippen molar-refractivity contribution in [3.8, 4) is 5.75 Å². The Kier molecular flexibility index (Phi) is 11.2. The van der Waals surface area contributed by atoms with E-state index in [-0.39, 0.29) is 35.9 Å². The number of benzene rings is 1. The van der Waals surface area contributed by atoms with Gasteiger partial charge in [-0.1, -0.05) is 18.2 Å². The molecule has 0 aliphatic carbocycles. The zero-order chi connectivity index (χ0) is 18.8. The molecule has 1 aliphatic heterocycles. The molecule has 27 heavy (non-hydrogen) atoms. The zero-order valence-corrected chi connectivity index (χ0v) is 18.9. The van der Waals surface area contributed by atoms with Gasteiger partial charge < -0.3 is 19.7 Å². The van der Waals surface area contributed by atoms with Crippen molar-refractivity contribution in [2.75, 3.05) is 39.9 Å². The number of aryl methyl sites for hydroxylation is 1. The first-order valence-electron chi connectivity index (χ1n) is 9.46. The summed E-state index contributed by atoms with van der Waals surface area (Å²) in [6.45, 7) is 7.46. The van der Waals surface area contributed by atoms with Gasteiger partial charge in [0.1, 0.15) is 5.75 Å². The number of piperidine rings is 1. The van der Waals surface area contributed by atoms with Crippen molar-refractivity contribution in [2.45, 2.75) is 33.1 Å². The molecule has 1 aliphatic rings. The van der Waals surface area contributed by atoms with Gasteiger partial charge in [-0.2, -0.15) is 0 Å². The van der Waals surface area contributed by atoms with Gasteiger partial charge in [0.2, 0.25) is 0 Å². The highest BCUT2D eigenvalue weighted by Gasteiger charge is 2.27. The molecule has 0 saturated carbocycles. The van der Waals surface area contributed by atoms with Crippen molar-refractivity contribution in [2.24, 2.45) is 10.9 Å². The number of hydrogen-bond acceptors (Lipinski definition) is 4. The molecule has 0 spiro atoms. The Balaban J connectivity index is 0.00000364. The minimum Gasteiger partial charge on any atom is -0.493 e. The van der Waals surface area contributed by atoms with E-state index in [4.69, 9.17) is 9.47 Å². The zero-order valence-electron chi connectivity index (χ0n) is 16.6. The van der Waals surface area contributed by atoms with Crippen LogP contribution in [0.25, 0.3) is 0 Å². The first-order valence-corrected chi connectivity index (χ1v) is 9.46. The van der Waals surface area contributed by atoms with E-state index in [1.165, 1.54) is 0 Å². The second-order valence-corrected chi connectivity index (χ2v) is 6.45. The lowest BCUT2D eigenvalue weighted by Crippen LogP contribution is -2.47. The van der Waals surface area contributed by atoms with E-state index in [0.29, 0.717) is 13.2 Å². The van der Waals surface area contributed by atoms with E-state index in [9.17, 15) is 4.79 Å². The van der Waals surface area contributed by atoms with E-state index in [0.717, 1.165) is 56.2 Å². The quantitative estimate of drug-likeness (QED) is 0.210. The third-order valence-electron chi connectivity index (χ3n) is 4.58. The maximum absolute atomic E-state index is 11.8. The van der Waals surface area contributed by atoms with Crippen LogP contribution in [0.3, 0.4) is 0 Å². The molecule has 0 radical (unpaired) electrons. The monoisotopic (exact) mass is 489 g/mol. The fraction of sp³-hybridized carbons (Fsp3) is 0.600. The minimum absolute atomic E-state index is 0. The Morgan fingerprint density at radius 3 is 2.63 bits per heavy atom. The Labute approximate surface area is 179 Å². The van der Waals surface area contributed by atoms with Gasteiger partial charge in [-0.3, -0.25) is 9.79 Å². The average molecular weight is 489 g/mol. The van der Waals surface area contributed by atoms with Crippen LogP contribution in [0.2, 0.25) is 0 Å². The summed E-state index contributed by atoms with van der Waals surface area (Å²) < 4.78 is 10.9. The van der Waals surface area contributed by atoms with E-state index >= 15 is 0 Å². The molecule has 152 valence electrons. The number of ether oxygens (including phenoxy) is 2. The van der Waals surface area contributed by atoms with E-state index in [1.807, 2.05) is 25.1 Å². The van der Waals surface area contributed by atoms with Crippen molar-refractivity contribution in [1.82, 2.24) is 10.2 Å². The summed E-state index contributed by atoms with van der Waals surface area (Å²) in [6, 6.07) is 8.05. The van der Waals surface area contributed by atoms with Crippen LogP contribution in [0.1, 0.15) is 31.7 Å². The Morgan fingerprint density at radius 2 is 2.00 bits per heavy atom. The lowest BCUT2D eigenvalue weighted by atomic mass is 9.97. The molecule has 1 heterocycles. The molecule has 1 aromatic carbocycles. The van der Waals surface area contributed by atoms with E-state index < -0.39 is 0 Å². The first kappa shape index (κ1) is 23.5. The highest BCUT2D eigenvalue weighted by Crippen LogP contribution is 2.19. The van der Waals surface area contributed by atoms with E-state index in [1.54, 1.807) is 7.05 Å². The number of guanidine groups is 1. The second kappa shape index (κ2) is 12.8. The smallest absolute Gasteiger partial charge is 0.309 e. The van der Waals surface area contributed by atoms with E-state index in [2.05, 4.69) is 28.2 Å². The molecule has 7 heteroatoms. The number of rotatable bonds is 7. The Hall–Kier alpha value is -1.51. The molecule has 1 N–H and O–H groups in total. The number of carbonyl (C=O) groups excluding carboxylic acids is 1. The molecule has 0 unspecified atom stereocenters. The minimum atomic E-state index is -0.0662. The highest BCUT2D eigenvalue weighted by atomic mass is 127. The van der Waals surface area contributed by atoms with Gasteiger partial charge >= 0.3 is 5.97 Å². The predicted molar refractivity (Wildman–Crippen MR) is 119 cm³/mol. The van der Waals surface area contributed by atoms with Crippen LogP contribution in [0.4, 0.5) is 0 Å². The van der Waals surface area contributed by atoms with Crippen molar-refractivity contribution in [3.05, 3.63) is 29.8 Å². The molecular weight excluding hydrogens is 457 g/mol. The summed E-state index contributed by atoms with van der Waals surface area (Å²) in [4.78, 5) is 18.4. The van der Waals surface area contributed by atoms with Gasteiger partial charge in [-0.05, 0) is 44.7 Å². The molecule has 0 amide bonds. The van der Waals surface area contributed by atoms with Gasteiger partial charge in [0.15, 0.2) is 5.96 Å². The number of carbonyl (C=O) groups is 1. The van der Waals surface area contributed by atoms with Crippen molar-refractivity contribution in [3.63, 3.8) is 0 Å². The van der Waals surface area contributed by atoms with Crippen LogP contribution in [0, 0.1) is 12.8 Å². The van der Waals surface area contributed by atoms with Gasteiger partial charge in [0.05, 0.1) is 19.1 Å². The number of nitrogens with one attached hydrogen (secondary N) is 1. The SMILES string of the molecule is CCOC(=O)C1CCN(C(=NC)NCCCOc2ccccc2C)CC1.I.